The first-order chi connectivity index (χ1) is 9.41. The highest BCUT2D eigenvalue weighted by Crippen LogP contribution is 2.29. The maximum atomic E-state index is 12.6. The van der Waals surface area contributed by atoms with E-state index in [0.717, 1.165) is 12.8 Å². The average molecular weight is 277 g/mol. The molecule has 2 unspecified atom stereocenters. The van der Waals surface area contributed by atoms with Crippen LogP contribution in [-0.4, -0.2) is 28.3 Å². The molecule has 0 spiro atoms. The molecule has 6 nitrogen and oxygen atoms in total. The van der Waals surface area contributed by atoms with Gasteiger partial charge in [-0.25, -0.2) is 0 Å². The summed E-state index contributed by atoms with van der Waals surface area (Å²) in [5.41, 5.74) is 5.74. The molecule has 0 aliphatic carbocycles. The van der Waals surface area contributed by atoms with Crippen molar-refractivity contribution in [1.82, 2.24) is 4.90 Å². The van der Waals surface area contributed by atoms with Crippen molar-refractivity contribution in [3.63, 3.8) is 0 Å². The summed E-state index contributed by atoms with van der Waals surface area (Å²) in [6.07, 6.45) is 2.04. The van der Waals surface area contributed by atoms with Gasteiger partial charge in [0.25, 0.3) is 11.6 Å². The van der Waals surface area contributed by atoms with Crippen LogP contribution in [0.5, 0.6) is 0 Å². The number of hydrogen-bond acceptors (Lipinski definition) is 4. The zero-order valence-corrected chi connectivity index (χ0v) is 11.7. The Morgan fingerprint density at radius 2 is 2.10 bits per heavy atom. The van der Waals surface area contributed by atoms with E-state index >= 15 is 0 Å². The van der Waals surface area contributed by atoms with Gasteiger partial charge in [-0.3, -0.25) is 14.9 Å². The largest absolute Gasteiger partial charge is 0.393 e. The lowest BCUT2D eigenvalue weighted by atomic mass is 9.94. The van der Waals surface area contributed by atoms with Crippen LogP contribution in [0, 0.1) is 16.0 Å². The van der Waals surface area contributed by atoms with Crippen LogP contribution in [-0.2, 0) is 0 Å². The van der Waals surface area contributed by atoms with Crippen LogP contribution in [0.25, 0.3) is 0 Å². The zero-order valence-electron chi connectivity index (χ0n) is 11.7. The lowest BCUT2D eigenvalue weighted by molar-refractivity contribution is -0.383. The topological polar surface area (TPSA) is 89.5 Å². The monoisotopic (exact) mass is 277 g/mol. The predicted molar refractivity (Wildman–Crippen MR) is 76.4 cm³/mol. The number of benzene rings is 1. The number of nitro benzene ring substituents is 1. The first-order valence-electron chi connectivity index (χ1n) is 6.75. The standard InChI is InChI=1S/C14H19N3O3/c1-9-6-7-10(2)16(8-9)14(18)11-4-3-5-12(13(11)15)17(19)20/h3-5,9-10H,6-8,15H2,1-2H3. The third-order valence-electron chi connectivity index (χ3n) is 3.89. The summed E-state index contributed by atoms with van der Waals surface area (Å²) in [5, 5.41) is 10.9. The molecule has 2 rings (SSSR count). The molecule has 1 aliphatic rings. The van der Waals surface area contributed by atoms with Gasteiger partial charge >= 0.3 is 0 Å². The minimum Gasteiger partial charge on any atom is -0.393 e. The molecule has 108 valence electrons. The predicted octanol–water partition coefficient (Wildman–Crippen LogP) is 2.44. The van der Waals surface area contributed by atoms with E-state index < -0.39 is 4.92 Å². The Hall–Kier alpha value is -2.11. The lowest BCUT2D eigenvalue weighted by Crippen LogP contribution is -2.45. The quantitative estimate of drug-likeness (QED) is 0.510. The molecule has 6 heteroatoms. The molecule has 0 bridgehead atoms. The van der Waals surface area contributed by atoms with Crippen LogP contribution >= 0.6 is 0 Å². The molecule has 0 radical (unpaired) electrons. The van der Waals surface area contributed by atoms with E-state index in [-0.39, 0.29) is 28.9 Å². The second-order valence-corrected chi connectivity index (χ2v) is 5.48. The molecule has 0 saturated carbocycles. The Kier molecular flexibility index (Phi) is 3.92. The minimum atomic E-state index is -0.561. The molecule has 1 aromatic rings. The first kappa shape index (κ1) is 14.3. The highest BCUT2D eigenvalue weighted by molar-refractivity contribution is 6.01. The van der Waals surface area contributed by atoms with E-state index in [9.17, 15) is 14.9 Å². The molecule has 1 fully saturated rings. The number of nitrogens with zero attached hydrogens (tertiary/aromatic N) is 2. The smallest absolute Gasteiger partial charge is 0.292 e. The number of nitrogen functional groups attached to an aromatic ring is 1. The summed E-state index contributed by atoms with van der Waals surface area (Å²) < 4.78 is 0. The SMILES string of the molecule is CC1CCC(C)N(C(=O)c2cccc([N+](=O)[O-])c2N)C1. The van der Waals surface area contributed by atoms with Gasteiger partial charge in [0.05, 0.1) is 10.5 Å². The molecule has 2 atom stereocenters. The van der Waals surface area contributed by atoms with Crippen LogP contribution < -0.4 is 5.73 Å². The van der Waals surface area contributed by atoms with Crippen molar-refractivity contribution in [2.75, 3.05) is 12.3 Å². The summed E-state index contributed by atoms with van der Waals surface area (Å²) in [4.78, 5) is 24.7. The first-order valence-corrected chi connectivity index (χ1v) is 6.75. The van der Waals surface area contributed by atoms with Crippen molar-refractivity contribution in [2.45, 2.75) is 32.7 Å². The molecule has 20 heavy (non-hydrogen) atoms. The van der Waals surface area contributed by atoms with E-state index in [1.807, 2.05) is 6.92 Å². The average Bonchev–Trinajstić information content (AvgIpc) is 2.40. The van der Waals surface area contributed by atoms with E-state index in [0.29, 0.717) is 12.5 Å². The minimum absolute atomic E-state index is 0.0482. The molecule has 1 aliphatic heterocycles. The fraction of sp³-hybridized carbons (Fsp3) is 0.500. The Labute approximate surface area is 117 Å². The number of nitrogens with two attached hydrogens (primary N) is 1. The van der Waals surface area contributed by atoms with E-state index in [1.165, 1.54) is 12.1 Å². The number of hydrogen-bond donors (Lipinski definition) is 1. The van der Waals surface area contributed by atoms with Gasteiger partial charge in [0.15, 0.2) is 0 Å². The highest BCUT2D eigenvalue weighted by Gasteiger charge is 2.30. The maximum Gasteiger partial charge on any atom is 0.292 e. The van der Waals surface area contributed by atoms with Gasteiger partial charge in [-0.15, -0.1) is 0 Å². The number of piperidine rings is 1. The summed E-state index contributed by atoms with van der Waals surface area (Å²) in [6.45, 7) is 4.77. The number of carbonyl (C=O) groups is 1. The zero-order chi connectivity index (χ0) is 14.9. The van der Waals surface area contributed by atoms with Gasteiger partial charge in [0, 0.05) is 18.7 Å². The summed E-state index contributed by atoms with van der Waals surface area (Å²) in [7, 11) is 0. The molecular weight excluding hydrogens is 258 g/mol. The molecule has 1 saturated heterocycles. The number of anilines is 1. The normalized spacial score (nSPS) is 22.6. The molecule has 1 amide bonds. The summed E-state index contributed by atoms with van der Waals surface area (Å²) in [6, 6.07) is 4.50. The van der Waals surface area contributed by atoms with Crippen LogP contribution in [0.15, 0.2) is 18.2 Å². The summed E-state index contributed by atoms with van der Waals surface area (Å²) in [5.74, 6) is 0.223. The fourth-order valence-corrected chi connectivity index (χ4v) is 2.63. The number of rotatable bonds is 2. The Bertz CT molecular complexity index is 544. The second-order valence-electron chi connectivity index (χ2n) is 5.48. The van der Waals surface area contributed by atoms with Crippen LogP contribution in [0.3, 0.4) is 0 Å². The Balaban J connectivity index is 2.33. The van der Waals surface area contributed by atoms with Crippen LogP contribution in [0.1, 0.15) is 37.0 Å². The van der Waals surface area contributed by atoms with Crippen molar-refractivity contribution >= 4 is 17.3 Å². The van der Waals surface area contributed by atoms with Crippen molar-refractivity contribution < 1.29 is 9.72 Å². The van der Waals surface area contributed by atoms with Crippen molar-refractivity contribution in [3.05, 3.63) is 33.9 Å². The fourth-order valence-electron chi connectivity index (χ4n) is 2.63. The Morgan fingerprint density at radius 3 is 2.75 bits per heavy atom. The third kappa shape index (κ3) is 2.59. The van der Waals surface area contributed by atoms with Gasteiger partial charge in [0.1, 0.15) is 5.69 Å². The van der Waals surface area contributed by atoms with Crippen molar-refractivity contribution in [3.8, 4) is 0 Å². The van der Waals surface area contributed by atoms with Gasteiger partial charge in [0.2, 0.25) is 0 Å². The third-order valence-corrected chi connectivity index (χ3v) is 3.89. The summed E-state index contributed by atoms with van der Waals surface area (Å²) >= 11 is 0. The number of nitro groups is 1. The molecular formula is C14H19N3O3. The lowest BCUT2D eigenvalue weighted by Gasteiger charge is -2.37. The van der Waals surface area contributed by atoms with E-state index in [2.05, 4.69) is 6.92 Å². The van der Waals surface area contributed by atoms with E-state index in [1.54, 1.807) is 11.0 Å². The number of carbonyl (C=O) groups excluding carboxylic acids is 1. The molecule has 0 aromatic heterocycles. The molecule has 2 N–H and O–H groups in total. The Morgan fingerprint density at radius 1 is 1.40 bits per heavy atom. The van der Waals surface area contributed by atoms with Crippen molar-refractivity contribution in [1.29, 1.82) is 0 Å². The van der Waals surface area contributed by atoms with E-state index in [4.69, 9.17) is 5.73 Å². The molecule has 1 heterocycles. The van der Waals surface area contributed by atoms with Crippen LogP contribution in [0.4, 0.5) is 11.4 Å². The van der Waals surface area contributed by atoms with Gasteiger partial charge < -0.3 is 10.6 Å². The second kappa shape index (κ2) is 5.48. The van der Waals surface area contributed by atoms with Crippen LogP contribution in [0.2, 0.25) is 0 Å². The van der Waals surface area contributed by atoms with Crippen molar-refractivity contribution in [2.24, 2.45) is 5.92 Å². The van der Waals surface area contributed by atoms with Gasteiger partial charge in [-0.2, -0.15) is 0 Å². The van der Waals surface area contributed by atoms with Gasteiger partial charge in [-0.05, 0) is 31.7 Å². The number of amides is 1. The highest BCUT2D eigenvalue weighted by atomic mass is 16.6. The number of likely N-dealkylation sites (tertiary alicyclic amines) is 1. The maximum absolute atomic E-state index is 12.6. The molecule has 1 aromatic carbocycles. The van der Waals surface area contributed by atoms with Gasteiger partial charge in [-0.1, -0.05) is 13.0 Å². The number of para-hydroxylation sites is 1.